The molecule has 0 bridgehead atoms. The average molecular weight is 244 g/mol. The molecule has 1 saturated heterocycles. The molecular weight excluding hydrogens is 228 g/mol. The summed E-state index contributed by atoms with van der Waals surface area (Å²) in [6, 6.07) is 14.2. The van der Waals surface area contributed by atoms with Gasteiger partial charge in [0, 0.05) is 6.42 Å². The molecule has 1 aliphatic heterocycles. The van der Waals surface area contributed by atoms with Crippen LogP contribution in [0.25, 0.3) is 10.8 Å². The van der Waals surface area contributed by atoms with E-state index in [2.05, 4.69) is 18.2 Å². The number of aliphatic hydroxyl groups is 2. The van der Waals surface area contributed by atoms with E-state index in [9.17, 15) is 5.11 Å². The lowest BCUT2D eigenvalue weighted by Crippen LogP contribution is -2.24. The fourth-order valence-electron chi connectivity index (χ4n) is 2.62. The summed E-state index contributed by atoms with van der Waals surface area (Å²) in [5.41, 5.74) is 1.09. The van der Waals surface area contributed by atoms with Crippen molar-refractivity contribution >= 4 is 10.8 Å². The third-order valence-corrected chi connectivity index (χ3v) is 3.57. The van der Waals surface area contributed by atoms with E-state index in [-0.39, 0.29) is 12.7 Å². The van der Waals surface area contributed by atoms with Gasteiger partial charge in [0.2, 0.25) is 0 Å². The minimum Gasteiger partial charge on any atom is -0.394 e. The molecule has 2 aromatic carbocycles. The van der Waals surface area contributed by atoms with E-state index in [1.54, 1.807) is 0 Å². The number of hydrogen-bond acceptors (Lipinski definition) is 3. The number of ether oxygens (including phenoxy) is 1. The Bertz CT molecular complexity index is 547. The summed E-state index contributed by atoms with van der Waals surface area (Å²) in [6.07, 6.45) is -0.643. The summed E-state index contributed by atoms with van der Waals surface area (Å²) in [6.45, 7) is -0.136. The van der Waals surface area contributed by atoms with Crippen LogP contribution in [0.2, 0.25) is 0 Å². The largest absolute Gasteiger partial charge is 0.394 e. The van der Waals surface area contributed by atoms with Crippen LogP contribution in [-0.4, -0.2) is 29.0 Å². The first-order valence-corrected chi connectivity index (χ1v) is 6.21. The van der Waals surface area contributed by atoms with Crippen LogP contribution in [0.1, 0.15) is 18.1 Å². The zero-order valence-electron chi connectivity index (χ0n) is 9.99. The Hall–Kier alpha value is -1.42. The predicted octanol–water partition coefficient (Wildman–Crippen LogP) is 2.02. The Kier molecular flexibility index (Phi) is 3.04. The zero-order chi connectivity index (χ0) is 12.5. The lowest BCUT2D eigenvalue weighted by atomic mass is 9.98. The fraction of sp³-hybridized carbons (Fsp3) is 0.333. The van der Waals surface area contributed by atoms with Crippen molar-refractivity contribution in [2.24, 2.45) is 0 Å². The van der Waals surface area contributed by atoms with Crippen molar-refractivity contribution in [2.45, 2.75) is 24.7 Å². The highest BCUT2D eigenvalue weighted by atomic mass is 16.5. The normalized spacial score (nSPS) is 27.8. The van der Waals surface area contributed by atoms with Crippen LogP contribution in [-0.2, 0) is 4.74 Å². The first-order chi connectivity index (χ1) is 8.79. The SMILES string of the molecule is OCC1O[C@@H](c2cccc3ccccc23)C[C@H]1O. The van der Waals surface area contributed by atoms with Gasteiger partial charge in [0.25, 0.3) is 0 Å². The average Bonchev–Trinajstić information content (AvgIpc) is 2.79. The molecule has 1 unspecified atom stereocenters. The predicted molar refractivity (Wildman–Crippen MR) is 69.3 cm³/mol. The van der Waals surface area contributed by atoms with Crippen LogP contribution in [0.5, 0.6) is 0 Å². The molecule has 1 fully saturated rings. The van der Waals surface area contributed by atoms with Gasteiger partial charge in [-0.25, -0.2) is 0 Å². The Morgan fingerprint density at radius 3 is 2.67 bits per heavy atom. The third kappa shape index (κ3) is 1.90. The van der Waals surface area contributed by atoms with Gasteiger partial charge in [-0.15, -0.1) is 0 Å². The summed E-state index contributed by atoms with van der Waals surface area (Å²) in [5.74, 6) is 0. The van der Waals surface area contributed by atoms with Crippen LogP contribution < -0.4 is 0 Å². The number of aliphatic hydroxyl groups excluding tert-OH is 2. The number of rotatable bonds is 2. The van der Waals surface area contributed by atoms with Crippen molar-refractivity contribution in [3.8, 4) is 0 Å². The highest BCUT2D eigenvalue weighted by molar-refractivity contribution is 5.86. The molecule has 0 spiro atoms. The second-order valence-corrected chi connectivity index (χ2v) is 4.72. The van der Waals surface area contributed by atoms with Gasteiger partial charge in [0.05, 0.1) is 18.8 Å². The zero-order valence-corrected chi connectivity index (χ0v) is 9.99. The van der Waals surface area contributed by atoms with Crippen molar-refractivity contribution in [3.05, 3.63) is 48.0 Å². The van der Waals surface area contributed by atoms with Crippen LogP contribution in [0.3, 0.4) is 0 Å². The maximum atomic E-state index is 9.81. The number of fused-ring (bicyclic) bond motifs is 1. The molecule has 0 aliphatic carbocycles. The smallest absolute Gasteiger partial charge is 0.107 e. The van der Waals surface area contributed by atoms with Crippen molar-refractivity contribution in [2.75, 3.05) is 6.61 Å². The molecule has 0 aromatic heterocycles. The minimum absolute atomic E-state index is 0.136. The minimum atomic E-state index is -0.584. The maximum Gasteiger partial charge on any atom is 0.107 e. The third-order valence-electron chi connectivity index (χ3n) is 3.57. The number of benzene rings is 2. The lowest BCUT2D eigenvalue weighted by molar-refractivity contribution is -0.0222. The van der Waals surface area contributed by atoms with E-state index in [4.69, 9.17) is 9.84 Å². The molecule has 2 N–H and O–H groups in total. The van der Waals surface area contributed by atoms with E-state index in [0.29, 0.717) is 6.42 Å². The van der Waals surface area contributed by atoms with Gasteiger partial charge < -0.3 is 14.9 Å². The van der Waals surface area contributed by atoms with Crippen LogP contribution in [0, 0.1) is 0 Å². The molecule has 0 radical (unpaired) electrons. The summed E-state index contributed by atoms with van der Waals surface area (Å²) in [7, 11) is 0. The van der Waals surface area contributed by atoms with Gasteiger partial charge in [-0.1, -0.05) is 42.5 Å². The molecule has 0 saturated carbocycles. The Balaban J connectivity index is 2.00. The van der Waals surface area contributed by atoms with Crippen LogP contribution in [0.15, 0.2) is 42.5 Å². The van der Waals surface area contributed by atoms with E-state index < -0.39 is 12.2 Å². The number of hydrogen-bond donors (Lipinski definition) is 2. The maximum absolute atomic E-state index is 9.81. The van der Waals surface area contributed by atoms with E-state index >= 15 is 0 Å². The monoisotopic (exact) mass is 244 g/mol. The molecule has 2 aromatic rings. The standard InChI is InChI=1S/C15H16O3/c16-9-15-13(17)8-14(18-15)12-7-3-5-10-4-1-2-6-11(10)12/h1-7,13-17H,8-9H2/t13-,14-,15?/m1/s1. The molecule has 3 atom stereocenters. The molecule has 1 heterocycles. The first-order valence-electron chi connectivity index (χ1n) is 6.21. The summed E-state index contributed by atoms with van der Waals surface area (Å²) in [4.78, 5) is 0. The van der Waals surface area contributed by atoms with Gasteiger partial charge in [0.15, 0.2) is 0 Å². The second-order valence-electron chi connectivity index (χ2n) is 4.72. The fourth-order valence-corrected chi connectivity index (χ4v) is 2.62. The van der Waals surface area contributed by atoms with Gasteiger partial charge in [-0.2, -0.15) is 0 Å². The molecule has 3 rings (SSSR count). The molecule has 94 valence electrons. The Labute approximate surface area is 106 Å². The van der Waals surface area contributed by atoms with Crippen LogP contribution in [0.4, 0.5) is 0 Å². The van der Waals surface area contributed by atoms with Gasteiger partial charge >= 0.3 is 0 Å². The Morgan fingerprint density at radius 2 is 1.89 bits per heavy atom. The van der Waals surface area contributed by atoms with Crippen molar-refractivity contribution in [1.29, 1.82) is 0 Å². The molecule has 3 heteroatoms. The first kappa shape index (κ1) is 11.7. The summed E-state index contributed by atoms with van der Waals surface area (Å²) >= 11 is 0. The van der Waals surface area contributed by atoms with Crippen molar-refractivity contribution in [1.82, 2.24) is 0 Å². The molecule has 18 heavy (non-hydrogen) atoms. The second kappa shape index (κ2) is 4.69. The molecule has 1 aliphatic rings. The van der Waals surface area contributed by atoms with Gasteiger partial charge in [0.1, 0.15) is 6.10 Å². The highest BCUT2D eigenvalue weighted by Gasteiger charge is 2.34. The van der Waals surface area contributed by atoms with E-state index in [0.717, 1.165) is 10.9 Å². The highest BCUT2D eigenvalue weighted by Crippen LogP contribution is 2.36. The summed E-state index contributed by atoms with van der Waals surface area (Å²) < 4.78 is 5.72. The van der Waals surface area contributed by atoms with Gasteiger partial charge in [-0.05, 0) is 16.3 Å². The van der Waals surface area contributed by atoms with Crippen LogP contribution >= 0.6 is 0 Å². The van der Waals surface area contributed by atoms with E-state index in [1.165, 1.54) is 5.39 Å². The molecule has 0 amide bonds. The lowest BCUT2D eigenvalue weighted by Gasteiger charge is -2.14. The van der Waals surface area contributed by atoms with E-state index in [1.807, 2.05) is 24.3 Å². The molecule has 3 nitrogen and oxygen atoms in total. The quantitative estimate of drug-likeness (QED) is 0.849. The van der Waals surface area contributed by atoms with Crippen molar-refractivity contribution < 1.29 is 14.9 Å². The van der Waals surface area contributed by atoms with Gasteiger partial charge in [-0.3, -0.25) is 0 Å². The Morgan fingerprint density at radius 1 is 1.11 bits per heavy atom. The summed E-state index contributed by atoms with van der Waals surface area (Å²) in [5, 5.41) is 21.3. The topological polar surface area (TPSA) is 49.7 Å². The van der Waals surface area contributed by atoms with Crippen molar-refractivity contribution in [3.63, 3.8) is 0 Å². The molecular formula is C15H16O3.